The lowest BCUT2D eigenvalue weighted by Crippen LogP contribution is -2.68. The summed E-state index contributed by atoms with van der Waals surface area (Å²) in [5.74, 6) is -0.517. The molecule has 1 aromatic carbocycles. The maximum atomic E-state index is 12.9. The van der Waals surface area contributed by atoms with Crippen LogP contribution >= 0.6 is 0 Å². The number of hydrogen-bond donors (Lipinski definition) is 5. The average Bonchev–Trinajstić information content (AvgIpc) is 3.67. The first-order valence-corrected chi connectivity index (χ1v) is 16.0. The molecule has 5 unspecified atom stereocenters. The van der Waals surface area contributed by atoms with Gasteiger partial charge in [0.05, 0.1) is 17.3 Å². The number of aromatic amines is 1. The van der Waals surface area contributed by atoms with Crippen LogP contribution in [0, 0.1) is 28.6 Å². The molecule has 8 atom stereocenters. The molecule has 1 aliphatic heterocycles. The largest absolute Gasteiger partial charge is 0.458 e. The number of aliphatic hydroxyl groups is 3. The summed E-state index contributed by atoms with van der Waals surface area (Å²) in [6.45, 7) is 2.47. The van der Waals surface area contributed by atoms with Crippen molar-refractivity contribution in [3.63, 3.8) is 0 Å². The number of hydrogen-bond acceptors (Lipinski definition) is 7. The van der Waals surface area contributed by atoms with Crippen molar-refractivity contribution in [2.45, 2.75) is 94.9 Å². The third kappa shape index (κ3) is 4.33. The van der Waals surface area contributed by atoms with E-state index < -0.39 is 28.1 Å². The number of amides is 1. The molecule has 0 radical (unpaired) electrons. The van der Waals surface area contributed by atoms with Gasteiger partial charge in [-0.05, 0) is 92.7 Å². The van der Waals surface area contributed by atoms with Crippen LogP contribution in [0.25, 0.3) is 10.9 Å². The molecule has 0 spiro atoms. The van der Waals surface area contributed by atoms with Crippen LogP contribution in [-0.2, 0) is 20.7 Å². The number of aryl methyl sites for hydroxylation is 1. The number of aromatic nitrogens is 1. The van der Waals surface area contributed by atoms with Crippen molar-refractivity contribution >= 4 is 29.0 Å². The van der Waals surface area contributed by atoms with Gasteiger partial charge in [0.2, 0.25) is 5.91 Å². The Bertz CT molecular complexity index is 1500. The Morgan fingerprint density at radius 3 is 2.74 bits per heavy atom. The summed E-state index contributed by atoms with van der Waals surface area (Å²) in [6, 6.07) is 8.02. The molecule has 5 N–H and O–H groups in total. The molecule has 43 heavy (non-hydrogen) atoms. The predicted molar refractivity (Wildman–Crippen MR) is 161 cm³/mol. The topological polar surface area (TPSA) is 144 Å². The Labute approximate surface area is 251 Å². The highest BCUT2D eigenvalue weighted by Crippen LogP contribution is 2.70. The zero-order valence-corrected chi connectivity index (χ0v) is 24.8. The van der Waals surface area contributed by atoms with Crippen molar-refractivity contribution in [3.05, 3.63) is 47.7 Å². The fourth-order valence-corrected chi connectivity index (χ4v) is 10.2. The van der Waals surface area contributed by atoms with E-state index in [1.54, 1.807) is 12.3 Å². The lowest BCUT2D eigenvalue weighted by atomic mass is 9.41. The van der Waals surface area contributed by atoms with Crippen molar-refractivity contribution in [2.75, 3.05) is 6.61 Å². The Hall–Kier alpha value is -3.01. The molecule has 4 saturated carbocycles. The van der Waals surface area contributed by atoms with E-state index in [9.17, 15) is 24.9 Å². The first-order chi connectivity index (χ1) is 20.6. The van der Waals surface area contributed by atoms with Gasteiger partial charge >= 0.3 is 5.97 Å². The Morgan fingerprint density at radius 2 is 1.93 bits per heavy atom. The van der Waals surface area contributed by atoms with Gasteiger partial charge in [0.15, 0.2) is 0 Å². The van der Waals surface area contributed by atoms with Crippen molar-refractivity contribution in [1.29, 1.82) is 0 Å². The van der Waals surface area contributed by atoms with Crippen LogP contribution < -0.4 is 5.43 Å². The third-order valence-electron chi connectivity index (χ3n) is 12.4. The van der Waals surface area contributed by atoms with Crippen molar-refractivity contribution in [2.24, 2.45) is 33.7 Å². The maximum Gasteiger partial charge on any atom is 0.331 e. The molecule has 9 nitrogen and oxygen atoms in total. The molecule has 2 aromatic rings. The third-order valence-corrected chi connectivity index (χ3v) is 12.4. The number of esters is 1. The first-order valence-electron chi connectivity index (χ1n) is 16.0. The summed E-state index contributed by atoms with van der Waals surface area (Å²) in [7, 11) is 0. The van der Waals surface area contributed by atoms with E-state index >= 15 is 0 Å². The molecule has 230 valence electrons. The van der Waals surface area contributed by atoms with Crippen LogP contribution in [0.5, 0.6) is 0 Å². The van der Waals surface area contributed by atoms with Crippen molar-refractivity contribution < 1.29 is 29.6 Å². The molecule has 1 amide bonds. The number of benzene rings is 1. The van der Waals surface area contributed by atoms with Gasteiger partial charge < -0.3 is 25.0 Å². The maximum absolute atomic E-state index is 12.9. The quantitative estimate of drug-likeness (QED) is 0.196. The van der Waals surface area contributed by atoms with E-state index in [2.05, 4.69) is 22.4 Å². The summed E-state index contributed by atoms with van der Waals surface area (Å²) in [5, 5.41) is 40.9. The lowest BCUT2D eigenvalue weighted by Gasteiger charge is -2.65. The molecule has 2 heterocycles. The van der Waals surface area contributed by atoms with E-state index in [-0.39, 0.29) is 42.5 Å². The number of nitrogens with one attached hydrogen (secondary N) is 2. The number of nitrogens with zero attached hydrogens (tertiary/aromatic N) is 1. The minimum Gasteiger partial charge on any atom is -0.458 e. The van der Waals surface area contributed by atoms with Gasteiger partial charge in [-0.2, -0.15) is 5.10 Å². The molecular formula is C34H43N3O6. The van der Waals surface area contributed by atoms with Crippen LogP contribution in [-0.4, -0.2) is 62.3 Å². The Balaban J connectivity index is 1.12. The molecule has 7 rings (SSSR count). The predicted octanol–water partition coefficient (Wildman–Crippen LogP) is 3.92. The average molecular weight is 590 g/mol. The second kappa shape index (κ2) is 10.3. The van der Waals surface area contributed by atoms with E-state index in [4.69, 9.17) is 4.74 Å². The SMILES string of the molecule is CC12CC[C@H]3[C@@H](CCC4(O)C[C@H](O)CCC34/C=N/NC(=O)CCc3c[nH]c4ccccc34)C1(O)CCC2C1=CC(=O)OC1. The molecule has 0 bridgehead atoms. The molecule has 4 aliphatic carbocycles. The molecular weight excluding hydrogens is 546 g/mol. The van der Waals surface area contributed by atoms with Crippen LogP contribution in [0.4, 0.5) is 0 Å². The van der Waals surface area contributed by atoms with Crippen molar-refractivity contribution in [3.8, 4) is 0 Å². The number of fused-ring (bicyclic) bond motifs is 6. The molecule has 1 aromatic heterocycles. The summed E-state index contributed by atoms with van der Waals surface area (Å²) < 4.78 is 5.25. The number of H-pyrrole nitrogens is 1. The van der Waals surface area contributed by atoms with Crippen molar-refractivity contribution in [1.82, 2.24) is 10.4 Å². The summed E-state index contributed by atoms with van der Waals surface area (Å²) in [4.78, 5) is 28.0. The zero-order valence-electron chi connectivity index (χ0n) is 24.8. The summed E-state index contributed by atoms with van der Waals surface area (Å²) in [6.07, 6.45) is 11.1. The summed E-state index contributed by atoms with van der Waals surface area (Å²) >= 11 is 0. The number of carbonyl (C=O) groups is 2. The Kier molecular flexibility index (Phi) is 6.87. The fourth-order valence-electron chi connectivity index (χ4n) is 10.2. The Morgan fingerprint density at radius 1 is 1.12 bits per heavy atom. The zero-order chi connectivity index (χ0) is 30.0. The minimum atomic E-state index is -1.17. The van der Waals surface area contributed by atoms with Gasteiger partial charge in [-0.3, -0.25) is 4.79 Å². The summed E-state index contributed by atoms with van der Waals surface area (Å²) in [5.41, 5.74) is 2.57. The van der Waals surface area contributed by atoms with Crippen LogP contribution in [0.3, 0.4) is 0 Å². The van der Waals surface area contributed by atoms with E-state index in [0.29, 0.717) is 45.1 Å². The number of cyclic esters (lactones) is 1. The lowest BCUT2D eigenvalue weighted by molar-refractivity contribution is -0.237. The highest BCUT2D eigenvalue weighted by atomic mass is 16.5. The minimum absolute atomic E-state index is 0.0436. The van der Waals surface area contributed by atoms with E-state index in [1.165, 1.54) is 0 Å². The number of hydrazone groups is 1. The second-order valence-corrected chi connectivity index (χ2v) is 14.2. The number of carbonyl (C=O) groups excluding carboxylic acids is 2. The highest BCUT2D eigenvalue weighted by molar-refractivity contribution is 5.85. The molecule has 0 saturated heterocycles. The van der Waals surface area contributed by atoms with Gasteiger partial charge in [-0.1, -0.05) is 25.1 Å². The number of aliphatic hydroxyl groups excluding tert-OH is 1. The van der Waals surface area contributed by atoms with Gasteiger partial charge in [-0.15, -0.1) is 0 Å². The number of rotatable bonds is 6. The first kappa shape index (κ1) is 28.7. The van der Waals surface area contributed by atoms with Crippen LogP contribution in [0.15, 0.2) is 47.2 Å². The second-order valence-electron chi connectivity index (χ2n) is 14.2. The molecule has 4 fully saturated rings. The van der Waals surface area contributed by atoms with E-state index in [0.717, 1.165) is 41.3 Å². The van der Waals surface area contributed by atoms with Gasteiger partial charge in [0, 0.05) is 53.1 Å². The molecule has 5 aliphatic rings. The number of ether oxygens (including phenoxy) is 1. The van der Waals surface area contributed by atoms with Crippen LogP contribution in [0.2, 0.25) is 0 Å². The van der Waals surface area contributed by atoms with Gasteiger partial charge in [0.25, 0.3) is 0 Å². The smallest absolute Gasteiger partial charge is 0.331 e. The van der Waals surface area contributed by atoms with Crippen LogP contribution in [0.1, 0.15) is 76.7 Å². The number of para-hydroxylation sites is 1. The van der Waals surface area contributed by atoms with Gasteiger partial charge in [0.1, 0.15) is 6.61 Å². The fraction of sp³-hybridized carbons (Fsp3) is 0.618. The van der Waals surface area contributed by atoms with Gasteiger partial charge in [-0.25, -0.2) is 10.2 Å². The normalized spacial score (nSPS) is 40.6. The highest BCUT2D eigenvalue weighted by Gasteiger charge is 2.71. The van der Waals surface area contributed by atoms with E-state index in [1.807, 2.05) is 30.5 Å². The standard InChI is InChI=1S/C34H43N3O6/c1-31-12-9-26-27(34(31,42)15-11-25(31)22-16-30(40)43-19-22)10-14-33(41)17-23(38)8-13-32(26,33)20-36-37-29(39)7-6-21-18-35-28-5-3-2-4-24(21)28/h2-5,16,18,20,23,25-27,35,38,41-42H,6-15,17,19H2,1H3,(H,37,39)/b36-20+/t23-,25?,26+,27-,31?,32?,33?,34?/m1/s1. The molecule has 9 heteroatoms. The monoisotopic (exact) mass is 589 g/mol.